The molecule has 0 aliphatic rings. The molecule has 0 saturated heterocycles. The second-order valence-electron chi connectivity index (χ2n) is 7.75. The molecule has 0 radical (unpaired) electrons. The topological polar surface area (TPSA) is 191 Å². The van der Waals surface area contributed by atoms with Gasteiger partial charge in [0.1, 0.15) is 12.2 Å². The van der Waals surface area contributed by atoms with Gasteiger partial charge in [-0.25, -0.2) is 0 Å². The zero-order valence-corrected chi connectivity index (χ0v) is 25.5. The Labute approximate surface area is 243 Å². The van der Waals surface area contributed by atoms with Gasteiger partial charge in [-0.1, -0.05) is 0 Å². The summed E-state index contributed by atoms with van der Waals surface area (Å²) in [4.78, 5) is 40.8. The van der Waals surface area contributed by atoms with Gasteiger partial charge in [-0.3, -0.25) is 14.4 Å². The van der Waals surface area contributed by atoms with E-state index in [-0.39, 0.29) is 33.5 Å². The molecule has 0 heterocycles. The molecule has 1 aromatic rings. The molecule has 0 spiro atoms. The number of anilines is 1. The van der Waals surface area contributed by atoms with Crippen LogP contribution in [0.4, 0.5) is 5.69 Å². The molecule has 4 atom stereocenters. The summed E-state index contributed by atoms with van der Waals surface area (Å²) in [7, 11) is 2.75. The standard InChI is InChI=1S/C20H28I3N3O9/c1-8(29)24-18-16(22)13(19(34)25(2)4-9(30)11(32)6-27)15(21)14(17(18)23)20(35)26(3)5-10(31)12(33)7-28/h9-12,27-28,30-33H,4-7H2,1-3H3,(H,24,29). The Kier molecular flexibility index (Phi) is 13.5. The number of hydrogen-bond acceptors (Lipinski definition) is 9. The van der Waals surface area contributed by atoms with Crippen LogP contribution in [-0.2, 0) is 4.79 Å². The summed E-state index contributed by atoms with van der Waals surface area (Å²) in [5, 5.41) is 60.0. The molecule has 198 valence electrons. The van der Waals surface area contributed by atoms with E-state index in [1.807, 2.05) is 67.8 Å². The smallest absolute Gasteiger partial charge is 0.255 e. The number of nitrogens with zero attached hydrogens (tertiary/aromatic N) is 2. The van der Waals surface area contributed by atoms with Crippen LogP contribution in [0, 0.1) is 10.7 Å². The second-order valence-corrected chi connectivity index (χ2v) is 11.0. The third-order valence-electron chi connectivity index (χ3n) is 4.92. The van der Waals surface area contributed by atoms with Crippen molar-refractivity contribution in [2.45, 2.75) is 31.3 Å². The quantitative estimate of drug-likeness (QED) is 0.138. The van der Waals surface area contributed by atoms with E-state index in [4.69, 9.17) is 10.2 Å². The lowest BCUT2D eigenvalue weighted by Gasteiger charge is -2.27. The first kappa shape index (κ1) is 32.6. The Balaban J connectivity index is 3.58. The van der Waals surface area contributed by atoms with Gasteiger partial charge in [0.15, 0.2) is 0 Å². The van der Waals surface area contributed by atoms with Crippen LogP contribution in [0.2, 0.25) is 0 Å². The monoisotopic (exact) mass is 835 g/mol. The molecule has 0 aliphatic carbocycles. The van der Waals surface area contributed by atoms with E-state index in [1.165, 1.54) is 21.0 Å². The number of benzene rings is 1. The summed E-state index contributed by atoms with van der Waals surface area (Å²) in [5.74, 6) is -1.67. The number of nitrogens with one attached hydrogen (secondary N) is 1. The minimum Gasteiger partial charge on any atom is -0.394 e. The molecule has 3 amide bonds. The van der Waals surface area contributed by atoms with E-state index < -0.39 is 55.4 Å². The van der Waals surface area contributed by atoms with Crippen LogP contribution >= 0.6 is 67.8 Å². The number of aliphatic hydroxyl groups is 6. The second kappa shape index (κ2) is 14.5. The lowest BCUT2D eigenvalue weighted by Crippen LogP contribution is -2.43. The Hall–Kier alpha value is -0.420. The van der Waals surface area contributed by atoms with Gasteiger partial charge in [-0.2, -0.15) is 0 Å². The molecule has 35 heavy (non-hydrogen) atoms. The fraction of sp³-hybridized carbons (Fsp3) is 0.550. The summed E-state index contributed by atoms with van der Waals surface area (Å²) in [5.41, 5.74) is 0.354. The summed E-state index contributed by atoms with van der Waals surface area (Å²) in [6, 6.07) is 0. The Bertz CT molecular complexity index is 887. The van der Waals surface area contributed by atoms with Gasteiger partial charge in [0, 0.05) is 37.7 Å². The maximum Gasteiger partial charge on any atom is 0.255 e. The molecular formula is C20H28I3N3O9. The van der Waals surface area contributed by atoms with Crippen molar-refractivity contribution in [1.82, 2.24) is 9.80 Å². The van der Waals surface area contributed by atoms with Gasteiger partial charge in [0.25, 0.3) is 11.8 Å². The molecule has 0 bridgehead atoms. The fourth-order valence-corrected chi connectivity index (χ4v) is 7.28. The Morgan fingerprint density at radius 3 is 1.37 bits per heavy atom. The maximum absolute atomic E-state index is 13.4. The number of aliphatic hydroxyl groups excluding tert-OH is 6. The van der Waals surface area contributed by atoms with Crippen LogP contribution in [0.1, 0.15) is 27.6 Å². The van der Waals surface area contributed by atoms with Crippen molar-refractivity contribution in [3.63, 3.8) is 0 Å². The first-order valence-electron chi connectivity index (χ1n) is 10.1. The maximum atomic E-state index is 13.4. The summed E-state index contributed by atoms with van der Waals surface area (Å²) in [6.07, 6.45) is -5.76. The minimum absolute atomic E-state index is 0.0660. The van der Waals surface area contributed by atoms with Crippen LogP contribution in [0.3, 0.4) is 0 Å². The van der Waals surface area contributed by atoms with Gasteiger partial charge in [-0.15, -0.1) is 0 Å². The van der Waals surface area contributed by atoms with E-state index in [9.17, 15) is 34.8 Å². The van der Waals surface area contributed by atoms with Crippen LogP contribution in [0.15, 0.2) is 0 Å². The van der Waals surface area contributed by atoms with Crippen LogP contribution in [0.5, 0.6) is 0 Å². The van der Waals surface area contributed by atoms with Crippen molar-refractivity contribution in [2.75, 3.05) is 45.7 Å². The number of hydrogen-bond donors (Lipinski definition) is 7. The highest BCUT2D eigenvalue weighted by molar-refractivity contribution is 14.1. The largest absolute Gasteiger partial charge is 0.394 e. The molecule has 0 saturated carbocycles. The van der Waals surface area contributed by atoms with Crippen LogP contribution < -0.4 is 5.32 Å². The van der Waals surface area contributed by atoms with E-state index in [1.54, 1.807) is 0 Å². The lowest BCUT2D eigenvalue weighted by atomic mass is 10.1. The van der Waals surface area contributed by atoms with E-state index >= 15 is 0 Å². The average Bonchev–Trinajstić information content (AvgIpc) is 2.79. The molecule has 15 heteroatoms. The zero-order chi connectivity index (χ0) is 27.2. The van der Waals surface area contributed by atoms with Gasteiger partial charge < -0.3 is 45.8 Å². The third kappa shape index (κ3) is 8.28. The lowest BCUT2D eigenvalue weighted by molar-refractivity contribution is -0.114. The predicted octanol–water partition coefficient (Wildman–Crippen LogP) is -0.969. The SMILES string of the molecule is CC(=O)Nc1c(I)c(C(=O)N(C)CC(O)C(O)CO)c(I)c(C(=O)N(C)CC(O)C(O)CO)c1I. The average molecular weight is 835 g/mol. The van der Waals surface area contributed by atoms with Crippen molar-refractivity contribution in [2.24, 2.45) is 0 Å². The molecule has 0 aromatic heterocycles. The van der Waals surface area contributed by atoms with Gasteiger partial charge in [-0.05, 0) is 67.8 Å². The van der Waals surface area contributed by atoms with Crippen molar-refractivity contribution in [3.05, 3.63) is 21.8 Å². The first-order chi connectivity index (χ1) is 16.2. The van der Waals surface area contributed by atoms with Gasteiger partial charge in [0.2, 0.25) is 5.91 Å². The van der Waals surface area contributed by atoms with Crippen LogP contribution in [-0.4, -0.2) is 123 Å². The van der Waals surface area contributed by atoms with Crippen molar-refractivity contribution < 1.29 is 45.0 Å². The Morgan fingerprint density at radius 2 is 1.09 bits per heavy atom. The van der Waals surface area contributed by atoms with Crippen molar-refractivity contribution in [3.8, 4) is 0 Å². The molecule has 0 aliphatic heterocycles. The molecule has 1 aromatic carbocycles. The van der Waals surface area contributed by atoms with Gasteiger partial charge in [0.05, 0.1) is 49.4 Å². The van der Waals surface area contributed by atoms with Crippen molar-refractivity contribution in [1.29, 1.82) is 0 Å². The summed E-state index contributed by atoms with van der Waals surface area (Å²) in [6.45, 7) is -0.761. The predicted molar refractivity (Wildman–Crippen MR) is 151 cm³/mol. The molecule has 12 nitrogen and oxygen atoms in total. The summed E-state index contributed by atoms with van der Waals surface area (Å²) >= 11 is 5.57. The number of carbonyl (C=O) groups excluding carboxylic acids is 3. The molecule has 7 N–H and O–H groups in total. The summed E-state index contributed by atoms with van der Waals surface area (Å²) < 4.78 is 0.930. The number of halogens is 3. The molecular weight excluding hydrogens is 807 g/mol. The van der Waals surface area contributed by atoms with Crippen LogP contribution in [0.25, 0.3) is 0 Å². The fourth-order valence-electron chi connectivity index (χ4n) is 2.92. The van der Waals surface area contributed by atoms with Gasteiger partial charge >= 0.3 is 0 Å². The Morgan fingerprint density at radius 1 is 0.743 bits per heavy atom. The number of likely N-dealkylation sites (N-methyl/N-ethyl adjacent to an activating group) is 2. The third-order valence-corrected chi connectivity index (χ3v) is 8.16. The van der Waals surface area contributed by atoms with E-state index in [0.29, 0.717) is 7.14 Å². The zero-order valence-electron chi connectivity index (χ0n) is 19.1. The molecule has 1 rings (SSSR count). The molecule has 4 unspecified atom stereocenters. The molecule has 0 fully saturated rings. The number of amides is 3. The van der Waals surface area contributed by atoms with E-state index in [2.05, 4.69) is 5.32 Å². The highest BCUT2D eigenvalue weighted by Crippen LogP contribution is 2.37. The normalized spacial score (nSPS) is 14.6. The highest BCUT2D eigenvalue weighted by atomic mass is 127. The first-order valence-corrected chi connectivity index (χ1v) is 13.4. The minimum atomic E-state index is -1.46. The van der Waals surface area contributed by atoms with Crippen molar-refractivity contribution >= 4 is 91.2 Å². The number of carbonyl (C=O) groups is 3. The highest BCUT2D eigenvalue weighted by Gasteiger charge is 2.32. The number of rotatable bonds is 11. The van der Waals surface area contributed by atoms with E-state index in [0.717, 1.165) is 9.80 Å².